The molecule has 0 bridgehead atoms. The van der Waals surface area contributed by atoms with Crippen LogP contribution in [0.4, 0.5) is 0 Å². The molecule has 0 aromatic rings. The Morgan fingerprint density at radius 1 is 0.692 bits per heavy atom. The molecule has 0 heterocycles. The summed E-state index contributed by atoms with van der Waals surface area (Å²) >= 11 is -12.4. The molecule has 0 saturated carbocycles. The van der Waals surface area contributed by atoms with Crippen LogP contribution >= 0.6 is 0 Å². The van der Waals surface area contributed by atoms with Crippen LogP contribution in [0, 0.1) is 0 Å². The molecule has 0 aromatic carbocycles. The average Bonchev–Trinajstić information content (AvgIpc) is 1.14. The van der Waals surface area contributed by atoms with Crippen LogP contribution in [-0.2, 0) is 40.0 Å². The van der Waals surface area contributed by atoms with Gasteiger partial charge in [0, 0.05) is 0 Å². The average molecular weight is 746 g/mol. The fraction of sp³-hybridized carbons (Fsp3) is 0. The van der Waals surface area contributed by atoms with Gasteiger partial charge in [0.1, 0.15) is 0 Å². The van der Waals surface area contributed by atoms with Crippen molar-refractivity contribution < 1.29 is 332 Å². The Bertz CT molecular complexity index is 159. The summed E-state index contributed by atoms with van der Waals surface area (Å²) in [6, 6.07) is 0. The van der Waals surface area contributed by atoms with E-state index in [9.17, 15) is 23.5 Å². The van der Waals surface area contributed by atoms with E-state index in [1.807, 2.05) is 0 Å². The molecule has 0 N–H and O–H groups in total. The second-order valence-corrected chi connectivity index (χ2v) is 5.08. The van der Waals surface area contributed by atoms with Crippen LogP contribution < -0.4 is 292 Å². The summed E-state index contributed by atoms with van der Waals surface area (Å²) in [4.78, 5) is 0. The third-order valence-corrected chi connectivity index (χ3v) is 3.40. The quantitative estimate of drug-likeness (QED) is 0.274. The van der Waals surface area contributed by atoms with E-state index in [-0.39, 0.29) is 276 Å². The van der Waals surface area contributed by atoms with Gasteiger partial charge in [0.05, 0.1) is 0 Å². The second-order valence-electron chi connectivity index (χ2n) is 0.976. The maximum absolute atomic E-state index is 9.40. The van der Waals surface area contributed by atoms with Crippen LogP contribution in [0.1, 0.15) is 0 Å². The molecule has 0 spiro atoms. The minimum absolute atomic E-state index is 0. The van der Waals surface area contributed by atoms with Gasteiger partial charge in [0.2, 0.25) is 0 Å². The number of rotatable bonds is 2. The molecule has 0 amide bonds. The topological polar surface area (TPSA) is 136 Å². The third kappa shape index (κ3) is 33.5. The van der Waals surface area contributed by atoms with Crippen molar-refractivity contribution in [3.63, 3.8) is 0 Å². The van der Waals surface area contributed by atoms with Crippen LogP contribution in [0.3, 0.4) is 0 Å². The van der Waals surface area contributed by atoms with Crippen molar-refractivity contribution in [3.8, 4) is 0 Å². The summed E-state index contributed by atoms with van der Waals surface area (Å²) in [7, 11) is 0. The van der Waals surface area contributed by atoms with Gasteiger partial charge < -0.3 is 0 Å². The molecule has 0 aromatic heterocycles. The van der Waals surface area contributed by atoms with Crippen molar-refractivity contribution >= 4 is 0 Å². The number of hydrogen-bond acceptors (Lipinski definition) is 7. The van der Waals surface area contributed by atoms with Gasteiger partial charge in [-0.2, -0.15) is 0 Å². The van der Waals surface area contributed by atoms with Gasteiger partial charge in [0.25, 0.3) is 0 Å². The molecule has 0 atom stereocenters. The Morgan fingerprint density at radius 2 is 0.846 bits per heavy atom. The Hall–Kier alpha value is 8.78. The molecule has 56 valence electrons. The second kappa shape index (κ2) is 17.1. The van der Waals surface area contributed by atoms with Crippen molar-refractivity contribution in [1.82, 2.24) is 0 Å². The van der Waals surface area contributed by atoms with Crippen molar-refractivity contribution in [2.45, 2.75) is 0 Å². The zero-order chi connectivity index (χ0) is 7.71. The summed E-state index contributed by atoms with van der Waals surface area (Å²) in [6.07, 6.45) is 0. The summed E-state index contributed by atoms with van der Waals surface area (Å²) in [6.45, 7) is 0. The van der Waals surface area contributed by atoms with E-state index < -0.39 is 30.0 Å². The fourth-order valence-corrected chi connectivity index (χ4v) is 2.08. The van der Waals surface area contributed by atoms with E-state index in [4.69, 9.17) is 0 Å². The van der Waals surface area contributed by atoms with Crippen molar-refractivity contribution in [2.75, 3.05) is 0 Å². The van der Waals surface area contributed by atoms with E-state index in [2.05, 4.69) is 2.59 Å². The Morgan fingerprint density at radius 3 is 0.846 bits per heavy atom. The molecule has 0 aliphatic heterocycles. The molecule has 0 saturated heterocycles. The molecule has 0 rings (SSSR count). The van der Waals surface area contributed by atoms with Crippen molar-refractivity contribution in [1.29, 1.82) is 0 Å². The van der Waals surface area contributed by atoms with Crippen molar-refractivity contribution in [3.05, 3.63) is 0 Å². The molecular formula is Cs4O7V2. The summed E-state index contributed by atoms with van der Waals surface area (Å²) in [5.74, 6) is 0. The Balaban J connectivity index is -0.0000000533. The fourth-order valence-electron chi connectivity index (χ4n) is 0.122. The summed E-state index contributed by atoms with van der Waals surface area (Å²) in [5, 5.41) is 0. The summed E-state index contributed by atoms with van der Waals surface area (Å²) in [5.41, 5.74) is 0. The van der Waals surface area contributed by atoms with Gasteiger partial charge in [-0.15, -0.1) is 0 Å². The summed E-state index contributed by atoms with van der Waals surface area (Å²) < 4.78 is 59.0. The van der Waals surface area contributed by atoms with Gasteiger partial charge in [-0.1, -0.05) is 0 Å². The van der Waals surface area contributed by atoms with E-state index in [0.29, 0.717) is 0 Å². The first-order chi connectivity index (χ1) is 3.71. The van der Waals surface area contributed by atoms with Gasteiger partial charge in [-0.05, 0) is 0 Å². The first-order valence-corrected chi connectivity index (χ1v) is 6.02. The molecular weight excluding hydrogens is 746 g/mol. The third-order valence-electron chi connectivity index (χ3n) is 0.200. The first kappa shape index (κ1) is 33.4. The van der Waals surface area contributed by atoms with E-state index in [0.717, 1.165) is 0 Å². The maximum atomic E-state index is 9.40. The zero-order valence-electron chi connectivity index (χ0n) is 7.75. The van der Waals surface area contributed by atoms with Gasteiger partial charge in [-0.3, -0.25) is 0 Å². The van der Waals surface area contributed by atoms with E-state index >= 15 is 0 Å². The molecule has 0 aliphatic rings. The molecule has 0 radical (unpaired) electrons. The molecule has 0 fully saturated rings. The van der Waals surface area contributed by atoms with Crippen LogP contribution in [0.5, 0.6) is 0 Å². The normalized spacial score (nSPS) is 9.54. The van der Waals surface area contributed by atoms with Gasteiger partial charge in [-0.25, -0.2) is 0 Å². The number of hydrogen-bond donors (Lipinski definition) is 0. The van der Waals surface area contributed by atoms with Gasteiger partial charge in [0.15, 0.2) is 0 Å². The predicted octanol–water partition coefficient (Wildman–Crippen LogP) is -17.1. The Labute approximate surface area is 318 Å². The van der Waals surface area contributed by atoms with Crippen LogP contribution in [0.15, 0.2) is 0 Å². The SMILES string of the molecule is [Cs+].[Cs+].[Cs+].[Cs+].[O]=[V]([O-])([O-])[O][V](=[O])([O-])[O-]. The van der Waals surface area contributed by atoms with Crippen LogP contribution in [0.25, 0.3) is 0 Å². The first-order valence-electron chi connectivity index (χ1n) is 1.46. The monoisotopic (exact) mass is 745 g/mol. The predicted molar refractivity (Wildman–Crippen MR) is 2.46 cm³/mol. The van der Waals surface area contributed by atoms with E-state index in [1.165, 1.54) is 0 Å². The molecule has 7 nitrogen and oxygen atoms in total. The molecule has 0 aliphatic carbocycles. The van der Waals surface area contributed by atoms with E-state index in [1.54, 1.807) is 0 Å². The van der Waals surface area contributed by atoms with Crippen LogP contribution in [-0.4, -0.2) is 0 Å². The van der Waals surface area contributed by atoms with Crippen LogP contribution in [0.2, 0.25) is 0 Å². The molecule has 0 unspecified atom stereocenters. The Kier molecular flexibility index (Phi) is 44.0. The van der Waals surface area contributed by atoms with Crippen molar-refractivity contribution in [2.24, 2.45) is 0 Å². The standard InChI is InChI=1S/4Cs.7O.2V/q4*+1;;;;4*-1;;. The molecule has 13 heavy (non-hydrogen) atoms. The van der Waals surface area contributed by atoms with Gasteiger partial charge >= 0.3 is 332 Å². The molecule has 13 heteroatoms. The zero-order valence-corrected chi connectivity index (χ0v) is 35.7. The minimum atomic E-state index is -6.21.